The van der Waals surface area contributed by atoms with Crippen molar-refractivity contribution in [3.8, 4) is 5.75 Å². The Morgan fingerprint density at radius 3 is 3.00 bits per heavy atom. The Morgan fingerprint density at radius 2 is 2.20 bits per heavy atom. The van der Waals surface area contributed by atoms with Gasteiger partial charge in [0.15, 0.2) is 5.76 Å². The van der Waals surface area contributed by atoms with E-state index in [0.717, 1.165) is 42.8 Å². The number of aromatic amines is 1. The summed E-state index contributed by atoms with van der Waals surface area (Å²) in [5.74, 6) is -0.350. The highest BCUT2D eigenvalue weighted by Gasteiger charge is 2.26. The van der Waals surface area contributed by atoms with Crippen molar-refractivity contribution < 1.29 is 13.9 Å². The van der Waals surface area contributed by atoms with Crippen LogP contribution in [0.15, 0.2) is 45.8 Å². The van der Waals surface area contributed by atoms with Crippen molar-refractivity contribution in [2.24, 2.45) is 0 Å². The molecule has 128 valence electrons. The quantitative estimate of drug-likeness (QED) is 0.769. The van der Waals surface area contributed by atoms with E-state index in [-0.39, 0.29) is 23.0 Å². The minimum absolute atomic E-state index is 0.0194. The Balaban J connectivity index is 1.63. The van der Waals surface area contributed by atoms with Gasteiger partial charge in [-0.15, -0.1) is 0 Å². The van der Waals surface area contributed by atoms with Crippen molar-refractivity contribution in [3.63, 3.8) is 0 Å². The van der Waals surface area contributed by atoms with Crippen molar-refractivity contribution >= 4 is 16.8 Å². The van der Waals surface area contributed by atoms with E-state index >= 15 is 0 Å². The molecule has 25 heavy (non-hydrogen) atoms. The summed E-state index contributed by atoms with van der Waals surface area (Å²) in [7, 11) is 1.38. The van der Waals surface area contributed by atoms with Gasteiger partial charge in [-0.05, 0) is 30.9 Å². The van der Waals surface area contributed by atoms with Crippen LogP contribution in [0.3, 0.4) is 0 Å². The minimum atomic E-state index is -0.406. The van der Waals surface area contributed by atoms with Gasteiger partial charge in [0, 0.05) is 22.7 Å². The van der Waals surface area contributed by atoms with E-state index in [0.29, 0.717) is 0 Å². The molecule has 1 unspecified atom stereocenters. The molecular formula is C19H18N2O4. The van der Waals surface area contributed by atoms with Crippen LogP contribution >= 0.6 is 0 Å². The van der Waals surface area contributed by atoms with Gasteiger partial charge in [0.1, 0.15) is 6.26 Å². The van der Waals surface area contributed by atoms with Crippen molar-refractivity contribution in [1.29, 1.82) is 0 Å². The Hall–Kier alpha value is -3.02. The molecule has 1 aliphatic carbocycles. The van der Waals surface area contributed by atoms with E-state index in [1.54, 1.807) is 0 Å². The zero-order chi connectivity index (χ0) is 17.4. The zero-order valence-corrected chi connectivity index (χ0v) is 13.8. The van der Waals surface area contributed by atoms with E-state index in [4.69, 9.17) is 9.15 Å². The number of methoxy groups -OCH3 is 1. The maximum absolute atomic E-state index is 12.5. The first kappa shape index (κ1) is 15.5. The molecule has 6 heteroatoms. The van der Waals surface area contributed by atoms with Gasteiger partial charge < -0.3 is 19.5 Å². The highest BCUT2D eigenvalue weighted by Crippen LogP contribution is 2.34. The summed E-state index contributed by atoms with van der Waals surface area (Å²) in [5, 5.41) is 4.17. The van der Waals surface area contributed by atoms with E-state index in [9.17, 15) is 9.59 Å². The highest BCUT2D eigenvalue weighted by atomic mass is 16.5. The largest absolute Gasteiger partial charge is 0.490 e. The van der Waals surface area contributed by atoms with Gasteiger partial charge in [-0.2, -0.15) is 0 Å². The third kappa shape index (κ3) is 2.69. The number of para-hydroxylation sites is 1. The number of H-pyrrole nitrogens is 1. The fraction of sp³-hybridized carbons (Fsp3) is 0.263. The number of benzene rings is 1. The lowest BCUT2D eigenvalue weighted by Crippen LogP contribution is -2.31. The Bertz CT molecular complexity index is 1000. The highest BCUT2D eigenvalue weighted by molar-refractivity contribution is 5.92. The lowest BCUT2D eigenvalue weighted by molar-refractivity contribution is 0.0900. The summed E-state index contributed by atoms with van der Waals surface area (Å²) in [6, 6.07) is 9.17. The third-order valence-corrected chi connectivity index (χ3v) is 4.66. The minimum Gasteiger partial charge on any atom is -0.490 e. The molecule has 2 heterocycles. The molecule has 3 aromatic rings. The maximum atomic E-state index is 12.5. The number of hydrogen-bond acceptors (Lipinski definition) is 4. The molecule has 4 rings (SSSR count). The number of nitrogens with one attached hydrogen (secondary N) is 2. The van der Waals surface area contributed by atoms with E-state index < -0.39 is 5.91 Å². The van der Waals surface area contributed by atoms with E-state index in [1.165, 1.54) is 18.1 Å². The maximum Gasteiger partial charge on any atom is 0.287 e. The third-order valence-electron chi connectivity index (χ3n) is 4.66. The average Bonchev–Trinajstić information content (AvgIpc) is 3.01. The van der Waals surface area contributed by atoms with Crippen LogP contribution in [0.4, 0.5) is 0 Å². The topological polar surface area (TPSA) is 84.3 Å². The predicted molar refractivity (Wildman–Crippen MR) is 93.0 cm³/mol. The lowest BCUT2D eigenvalue weighted by Gasteiger charge is -2.23. The van der Waals surface area contributed by atoms with Crippen LogP contribution < -0.4 is 15.5 Å². The molecule has 2 N–H and O–H groups in total. The van der Waals surface area contributed by atoms with Gasteiger partial charge in [-0.25, -0.2) is 0 Å². The molecule has 1 aromatic carbocycles. The zero-order valence-electron chi connectivity index (χ0n) is 13.8. The number of fused-ring (bicyclic) bond motifs is 3. The second-order valence-electron chi connectivity index (χ2n) is 6.16. The van der Waals surface area contributed by atoms with Crippen molar-refractivity contribution in [1.82, 2.24) is 10.3 Å². The number of aromatic nitrogens is 1. The number of rotatable bonds is 3. The van der Waals surface area contributed by atoms with Crippen LogP contribution in [0, 0.1) is 0 Å². The van der Waals surface area contributed by atoms with Crippen molar-refractivity contribution in [2.75, 3.05) is 7.11 Å². The summed E-state index contributed by atoms with van der Waals surface area (Å²) >= 11 is 0. The molecular weight excluding hydrogens is 320 g/mol. The molecule has 2 aromatic heterocycles. The van der Waals surface area contributed by atoms with Crippen molar-refractivity contribution in [3.05, 3.63) is 63.8 Å². The fourth-order valence-electron chi connectivity index (χ4n) is 3.46. The van der Waals surface area contributed by atoms with Crippen LogP contribution in [0.5, 0.6) is 5.75 Å². The van der Waals surface area contributed by atoms with E-state index in [2.05, 4.69) is 16.4 Å². The molecule has 1 amide bonds. The molecule has 0 saturated carbocycles. The smallest absolute Gasteiger partial charge is 0.287 e. The van der Waals surface area contributed by atoms with Gasteiger partial charge in [0.2, 0.25) is 11.2 Å². The Labute approximate surface area is 143 Å². The summed E-state index contributed by atoms with van der Waals surface area (Å²) in [6.07, 6.45) is 3.98. The number of hydrogen-bond donors (Lipinski definition) is 2. The number of ether oxygens (including phenoxy) is 1. The van der Waals surface area contributed by atoms with Crippen LogP contribution in [0.25, 0.3) is 10.9 Å². The van der Waals surface area contributed by atoms with Crippen LogP contribution in [0.2, 0.25) is 0 Å². The Morgan fingerprint density at radius 1 is 1.36 bits per heavy atom. The fourth-order valence-corrected chi connectivity index (χ4v) is 3.46. The molecule has 0 aliphatic heterocycles. The molecule has 0 radical (unpaired) electrons. The second-order valence-corrected chi connectivity index (χ2v) is 6.16. The molecule has 0 fully saturated rings. The van der Waals surface area contributed by atoms with Gasteiger partial charge in [-0.1, -0.05) is 18.2 Å². The van der Waals surface area contributed by atoms with Gasteiger partial charge >= 0.3 is 0 Å². The molecule has 0 saturated heterocycles. The monoisotopic (exact) mass is 338 g/mol. The first-order valence-electron chi connectivity index (χ1n) is 8.24. The summed E-state index contributed by atoms with van der Waals surface area (Å²) in [4.78, 5) is 27.7. The average molecular weight is 338 g/mol. The number of carbonyl (C=O) groups is 1. The molecule has 6 nitrogen and oxygen atoms in total. The van der Waals surface area contributed by atoms with Gasteiger partial charge in [0.05, 0.1) is 13.2 Å². The van der Waals surface area contributed by atoms with Crippen LogP contribution in [-0.2, 0) is 6.42 Å². The normalized spacial score (nSPS) is 16.4. The molecule has 1 atom stereocenters. The first-order chi connectivity index (χ1) is 12.2. The summed E-state index contributed by atoms with van der Waals surface area (Å²) in [5.41, 5.74) is 2.98. The molecule has 0 spiro atoms. The molecule has 1 aliphatic rings. The summed E-state index contributed by atoms with van der Waals surface area (Å²) < 4.78 is 10.1. The standard InChI is InChI=1S/C19H18N2O4/c1-24-17-10-25-16(9-15(17)22)19(23)21-14-8-4-6-12-11-5-2-3-7-13(11)20-18(12)14/h2-3,5,7,9-10,14,20H,4,6,8H2,1H3,(H,21,23). The Kier molecular flexibility index (Phi) is 3.80. The van der Waals surface area contributed by atoms with Crippen LogP contribution in [-0.4, -0.2) is 18.0 Å². The van der Waals surface area contributed by atoms with Crippen LogP contribution in [0.1, 0.15) is 40.7 Å². The number of carbonyl (C=O) groups excluding carboxylic acids is 1. The van der Waals surface area contributed by atoms with Gasteiger partial charge in [0.25, 0.3) is 5.91 Å². The lowest BCUT2D eigenvalue weighted by atomic mass is 9.91. The number of aryl methyl sites for hydroxylation is 1. The summed E-state index contributed by atoms with van der Waals surface area (Å²) in [6.45, 7) is 0. The molecule has 0 bridgehead atoms. The SMILES string of the molecule is COc1coc(C(=O)NC2CCCc3c2[nH]c2ccccc32)cc1=O. The number of amides is 1. The van der Waals surface area contributed by atoms with Crippen molar-refractivity contribution in [2.45, 2.75) is 25.3 Å². The van der Waals surface area contributed by atoms with E-state index in [1.807, 2.05) is 18.2 Å². The second kappa shape index (κ2) is 6.12. The van der Waals surface area contributed by atoms with Gasteiger partial charge in [-0.3, -0.25) is 9.59 Å². The first-order valence-corrected chi connectivity index (χ1v) is 8.24. The predicted octanol–water partition coefficient (Wildman–Crippen LogP) is 2.94.